The SMILES string of the molecule is C[SiH2]CCCN=[N+]=[N-]. The van der Waals surface area contributed by atoms with E-state index >= 15 is 0 Å². The minimum Gasteiger partial charge on any atom is -0.0940 e. The molecule has 0 aromatic rings. The van der Waals surface area contributed by atoms with E-state index in [2.05, 4.69) is 16.6 Å². The van der Waals surface area contributed by atoms with Crippen LogP contribution in [0.1, 0.15) is 6.42 Å². The molecule has 0 rings (SSSR count). The summed E-state index contributed by atoms with van der Waals surface area (Å²) in [5.74, 6) is 0. The van der Waals surface area contributed by atoms with E-state index in [4.69, 9.17) is 5.53 Å². The number of hydrogen-bond donors (Lipinski definition) is 0. The van der Waals surface area contributed by atoms with Gasteiger partial charge in [0, 0.05) is 21.0 Å². The van der Waals surface area contributed by atoms with E-state index in [1.54, 1.807) is 0 Å². The highest BCUT2D eigenvalue weighted by atomic mass is 28.2. The minimum atomic E-state index is 0.203. The van der Waals surface area contributed by atoms with Crippen LogP contribution in [0.5, 0.6) is 0 Å². The molecule has 0 N–H and O–H groups in total. The maximum atomic E-state index is 7.84. The van der Waals surface area contributed by atoms with Gasteiger partial charge in [-0.25, -0.2) is 0 Å². The first-order chi connectivity index (χ1) is 3.91. The van der Waals surface area contributed by atoms with Gasteiger partial charge >= 0.3 is 0 Å². The van der Waals surface area contributed by atoms with Gasteiger partial charge < -0.3 is 0 Å². The van der Waals surface area contributed by atoms with Gasteiger partial charge in [-0.05, 0) is 5.53 Å². The van der Waals surface area contributed by atoms with E-state index in [1.807, 2.05) is 0 Å². The Bertz CT molecular complexity index is 87.3. The fraction of sp³-hybridized carbons (Fsp3) is 1.00. The quantitative estimate of drug-likeness (QED) is 0.181. The van der Waals surface area contributed by atoms with Crippen molar-refractivity contribution >= 4 is 9.52 Å². The fourth-order valence-corrected chi connectivity index (χ4v) is 1.20. The van der Waals surface area contributed by atoms with Crippen LogP contribution in [0.25, 0.3) is 10.4 Å². The summed E-state index contributed by atoms with van der Waals surface area (Å²) >= 11 is 0. The van der Waals surface area contributed by atoms with Gasteiger partial charge in [-0.2, -0.15) is 0 Å². The third-order valence-electron chi connectivity index (χ3n) is 0.925. The first-order valence-electron chi connectivity index (χ1n) is 2.92. The van der Waals surface area contributed by atoms with Gasteiger partial charge in [-0.15, -0.1) is 0 Å². The first-order valence-corrected chi connectivity index (χ1v) is 5.34. The molecule has 0 saturated heterocycles. The second-order valence-corrected chi connectivity index (χ2v) is 3.37. The average Bonchev–Trinajstić information content (AvgIpc) is 1.81. The molecule has 46 valence electrons. The lowest BCUT2D eigenvalue weighted by molar-refractivity contribution is 0.916. The maximum Gasteiger partial charge on any atom is 0.0255 e. The van der Waals surface area contributed by atoms with Crippen LogP contribution in [0, 0.1) is 0 Å². The van der Waals surface area contributed by atoms with E-state index < -0.39 is 0 Å². The van der Waals surface area contributed by atoms with Crippen LogP contribution in [0.4, 0.5) is 0 Å². The van der Waals surface area contributed by atoms with Gasteiger partial charge in [0.1, 0.15) is 0 Å². The van der Waals surface area contributed by atoms with Gasteiger partial charge in [-0.1, -0.05) is 24.1 Å². The molecule has 0 aliphatic rings. The van der Waals surface area contributed by atoms with Gasteiger partial charge in [0.25, 0.3) is 0 Å². The van der Waals surface area contributed by atoms with E-state index in [0.29, 0.717) is 6.54 Å². The van der Waals surface area contributed by atoms with Crippen molar-refractivity contribution < 1.29 is 0 Å². The Morgan fingerprint density at radius 3 is 3.00 bits per heavy atom. The molecule has 3 nitrogen and oxygen atoms in total. The van der Waals surface area contributed by atoms with Crippen LogP contribution in [0.3, 0.4) is 0 Å². The summed E-state index contributed by atoms with van der Waals surface area (Å²) in [5, 5.41) is 3.41. The number of rotatable bonds is 4. The molecule has 0 radical (unpaired) electrons. The molecule has 0 aliphatic heterocycles. The molecule has 0 atom stereocenters. The smallest absolute Gasteiger partial charge is 0.0255 e. The third kappa shape index (κ3) is 5.53. The molecule has 0 fully saturated rings. The highest BCUT2D eigenvalue weighted by Gasteiger charge is 1.80. The summed E-state index contributed by atoms with van der Waals surface area (Å²) in [7, 11) is 0.203. The monoisotopic (exact) mass is 129 g/mol. The van der Waals surface area contributed by atoms with Crippen molar-refractivity contribution in [3.8, 4) is 0 Å². The molecule has 0 amide bonds. The molecule has 0 heterocycles. The molecule has 0 aromatic carbocycles. The molecule has 8 heavy (non-hydrogen) atoms. The fourth-order valence-electron chi connectivity index (χ4n) is 0.477. The molecule has 0 aliphatic carbocycles. The van der Waals surface area contributed by atoms with Crippen LogP contribution in [0.15, 0.2) is 5.11 Å². The predicted octanol–water partition coefficient (Wildman–Crippen LogP) is 1.32. The van der Waals surface area contributed by atoms with Crippen molar-refractivity contribution in [1.82, 2.24) is 0 Å². The molecule has 0 unspecified atom stereocenters. The van der Waals surface area contributed by atoms with Gasteiger partial charge in [0.15, 0.2) is 0 Å². The normalized spacial score (nSPS) is 9.62. The van der Waals surface area contributed by atoms with E-state index in [-0.39, 0.29) is 9.52 Å². The molecule has 0 bridgehead atoms. The molecule has 0 spiro atoms. The minimum absolute atomic E-state index is 0.203. The Morgan fingerprint density at radius 1 is 1.75 bits per heavy atom. The molecule has 4 heteroatoms. The highest BCUT2D eigenvalue weighted by Crippen LogP contribution is 1.87. The zero-order chi connectivity index (χ0) is 6.24. The molecular weight excluding hydrogens is 118 g/mol. The van der Waals surface area contributed by atoms with Crippen molar-refractivity contribution in [3.63, 3.8) is 0 Å². The molecular formula is C4H11N3Si. The van der Waals surface area contributed by atoms with Crippen molar-refractivity contribution in [2.24, 2.45) is 5.11 Å². The summed E-state index contributed by atoms with van der Waals surface area (Å²) in [4.78, 5) is 2.65. The predicted molar refractivity (Wildman–Crippen MR) is 37.8 cm³/mol. The van der Waals surface area contributed by atoms with Crippen LogP contribution < -0.4 is 0 Å². The Morgan fingerprint density at radius 2 is 2.50 bits per heavy atom. The zero-order valence-corrected chi connectivity index (χ0v) is 6.58. The van der Waals surface area contributed by atoms with Crippen LogP contribution in [0.2, 0.25) is 12.6 Å². The second kappa shape index (κ2) is 6.53. The maximum absolute atomic E-state index is 7.84. The summed E-state index contributed by atoms with van der Waals surface area (Å²) in [6, 6.07) is 1.30. The highest BCUT2D eigenvalue weighted by molar-refractivity contribution is 6.33. The van der Waals surface area contributed by atoms with E-state index in [1.165, 1.54) is 6.04 Å². The molecule has 0 saturated carbocycles. The van der Waals surface area contributed by atoms with Gasteiger partial charge in [0.05, 0.1) is 0 Å². The van der Waals surface area contributed by atoms with Crippen LogP contribution in [-0.2, 0) is 0 Å². The summed E-state index contributed by atoms with van der Waals surface area (Å²) in [6.45, 7) is 2.95. The number of hydrogen-bond acceptors (Lipinski definition) is 1. The van der Waals surface area contributed by atoms with E-state index in [9.17, 15) is 0 Å². The lowest BCUT2D eigenvalue weighted by Gasteiger charge is -1.86. The second-order valence-electron chi connectivity index (χ2n) is 1.66. The van der Waals surface area contributed by atoms with Crippen molar-refractivity contribution in [2.45, 2.75) is 19.0 Å². The zero-order valence-electron chi connectivity index (χ0n) is 5.17. The Labute approximate surface area is 51.5 Å². The van der Waals surface area contributed by atoms with Crippen molar-refractivity contribution in [2.75, 3.05) is 6.54 Å². The van der Waals surface area contributed by atoms with Crippen LogP contribution in [-0.4, -0.2) is 16.1 Å². The third-order valence-corrected chi connectivity index (χ3v) is 2.13. The first kappa shape index (κ1) is 7.53. The summed E-state index contributed by atoms with van der Waals surface area (Å²) in [5.41, 5.74) is 7.84. The largest absolute Gasteiger partial charge is 0.0940 e. The van der Waals surface area contributed by atoms with Crippen molar-refractivity contribution in [1.29, 1.82) is 0 Å². The van der Waals surface area contributed by atoms with Gasteiger partial charge in [0.2, 0.25) is 0 Å². The van der Waals surface area contributed by atoms with Crippen LogP contribution >= 0.6 is 0 Å². The van der Waals surface area contributed by atoms with Gasteiger partial charge in [-0.3, -0.25) is 0 Å². The Kier molecular flexibility index (Phi) is 6.14. The van der Waals surface area contributed by atoms with Crippen molar-refractivity contribution in [3.05, 3.63) is 10.4 Å². The lowest BCUT2D eigenvalue weighted by Crippen LogP contribution is -1.82. The Balaban J connectivity index is 2.82. The molecule has 0 aromatic heterocycles. The summed E-state index contributed by atoms with van der Waals surface area (Å²) in [6.07, 6.45) is 1.09. The lowest BCUT2D eigenvalue weighted by atomic mass is 10.5. The number of nitrogens with zero attached hydrogens (tertiary/aromatic N) is 3. The topological polar surface area (TPSA) is 48.8 Å². The number of azide groups is 1. The standard InChI is InChI=1S/C4H11N3Si/c1-8-4-2-3-6-7-5/h2-4,8H2,1H3. The van der Waals surface area contributed by atoms with E-state index in [0.717, 1.165) is 6.42 Å². The Hall–Kier alpha value is -0.473. The summed E-state index contributed by atoms with van der Waals surface area (Å²) < 4.78 is 0. The average molecular weight is 129 g/mol.